The summed E-state index contributed by atoms with van der Waals surface area (Å²) in [5, 5.41) is -0.373. The van der Waals surface area contributed by atoms with Crippen LogP contribution >= 0.6 is 11.8 Å². The summed E-state index contributed by atoms with van der Waals surface area (Å²) in [6.45, 7) is 3.23. The third-order valence-electron chi connectivity index (χ3n) is 4.10. The van der Waals surface area contributed by atoms with Crippen molar-refractivity contribution in [1.29, 1.82) is 0 Å². The van der Waals surface area contributed by atoms with Gasteiger partial charge < -0.3 is 4.90 Å². The lowest BCUT2D eigenvalue weighted by molar-refractivity contribution is -0.135. The van der Waals surface area contributed by atoms with Crippen molar-refractivity contribution < 1.29 is 14.4 Å². The minimum Gasteiger partial charge on any atom is -0.341 e. The first-order chi connectivity index (χ1) is 11.1. The van der Waals surface area contributed by atoms with Gasteiger partial charge >= 0.3 is 0 Å². The second-order valence-electron chi connectivity index (χ2n) is 5.71. The molecule has 0 saturated carbocycles. The Balaban J connectivity index is 1.75. The van der Waals surface area contributed by atoms with E-state index in [-0.39, 0.29) is 23.6 Å². The van der Waals surface area contributed by atoms with Crippen molar-refractivity contribution in [1.82, 2.24) is 9.80 Å². The lowest BCUT2D eigenvalue weighted by atomic mass is 10.1. The van der Waals surface area contributed by atoms with Crippen LogP contribution in [0.4, 0.5) is 4.79 Å². The predicted octanol–water partition coefficient (Wildman–Crippen LogP) is 2.65. The minimum absolute atomic E-state index is 0.151. The van der Waals surface area contributed by atoms with Crippen molar-refractivity contribution in [2.75, 3.05) is 19.6 Å². The smallest absolute Gasteiger partial charge is 0.294 e. The molecule has 2 aliphatic heterocycles. The standard InChI is InChI=1S/C17H18N2O3S/c1-12-6-2-3-7-13(12)10-14-16(21)19(17(22)23-14)11-15(20)18-8-4-5-9-18/h2-3,6-7,10H,4-5,8-9,11H2,1H3/b14-10+. The molecular formula is C17H18N2O3S. The Hall–Kier alpha value is -2.08. The van der Waals surface area contributed by atoms with Crippen LogP contribution in [0.3, 0.4) is 0 Å². The van der Waals surface area contributed by atoms with Crippen LogP contribution in [0.25, 0.3) is 6.08 Å². The highest BCUT2D eigenvalue weighted by Gasteiger charge is 2.37. The number of nitrogens with zero attached hydrogens (tertiary/aromatic N) is 2. The van der Waals surface area contributed by atoms with Crippen LogP contribution < -0.4 is 0 Å². The Labute approximate surface area is 139 Å². The van der Waals surface area contributed by atoms with Gasteiger partial charge in [0.25, 0.3) is 11.1 Å². The van der Waals surface area contributed by atoms with Gasteiger partial charge in [-0.2, -0.15) is 0 Å². The van der Waals surface area contributed by atoms with Gasteiger partial charge in [0.15, 0.2) is 0 Å². The molecule has 2 aliphatic rings. The summed E-state index contributed by atoms with van der Waals surface area (Å²) in [7, 11) is 0. The molecule has 0 atom stereocenters. The molecule has 1 aromatic carbocycles. The number of thioether (sulfide) groups is 1. The van der Waals surface area contributed by atoms with Crippen molar-refractivity contribution in [3.8, 4) is 0 Å². The molecule has 3 amide bonds. The number of rotatable bonds is 3. The van der Waals surface area contributed by atoms with Crippen LogP contribution in [0.1, 0.15) is 24.0 Å². The van der Waals surface area contributed by atoms with E-state index in [4.69, 9.17) is 0 Å². The molecule has 0 radical (unpaired) electrons. The van der Waals surface area contributed by atoms with Crippen LogP contribution in [-0.2, 0) is 9.59 Å². The quantitative estimate of drug-likeness (QED) is 0.800. The summed E-state index contributed by atoms with van der Waals surface area (Å²) >= 11 is 0.898. The molecule has 2 heterocycles. The van der Waals surface area contributed by atoms with E-state index < -0.39 is 0 Å². The summed E-state index contributed by atoms with van der Waals surface area (Å²) < 4.78 is 0. The van der Waals surface area contributed by atoms with Crippen LogP contribution in [0, 0.1) is 6.92 Å². The number of carbonyl (C=O) groups is 3. The zero-order chi connectivity index (χ0) is 16.4. The monoisotopic (exact) mass is 330 g/mol. The molecule has 6 heteroatoms. The predicted molar refractivity (Wildman–Crippen MR) is 89.7 cm³/mol. The van der Waals surface area contributed by atoms with Crippen LogP contribution in [0.5, 0.6) is 0 Å². The first kappa shape index (κ1) is 15.8. The van der Waals surface area contributed by atoms with E-state index >= 15 is 0 Å². The Morgan fingerprint density at radius 1 is 1.22 bits per heavy atom. The van der Waals surface area contributed by atoms with Gasteiger partial charge in [-0.15, -0.1) is 0 Å². The summed E-state index contributed by atoms with van der Waals surface area (Å²) in [6, 6.07) is 7.67. The number of amides is 3. The normalized spacial score (nSPS) is 20.0. The van der Waals surface area contributed by atoms with Gasteiger partial charge in [-0.3, -0.25) is 19.3 Å². The van der Waals surface area contributed by atoms with E-state index in [1.54, 1.807) is 11.0 Å². The maximum Gasteiger partial charge on any atom is 0.294 e. The number of carbonyl (C=O) groups excluding carboxylic acids is 3. The van der Waals surface area contributed by atoms with Crippen molar-refractivity contribution in [3.63, 3.8) is 0 Å². The molecule has 0 bridgehead atoms. The molecule has 2 saturated heterocycles. The fourth-order valence-electron chi connectivity index (χ4n) is 2.73. The van der Waals surface area contributed by atoms with Crippen LogP contribution in [-0.4, -0.2) is 46.5 Å². The molecular weight excluding hydrogens is 312 g/mol. The van der Waals surface area contributed by atoms with Gasteiger partial charge in [0.1, 0.15) is 6.54 Å². The SMILES string of the molecule is Cc1ccccc1/C=C1/SC(=O)N(CC(=O)N2CCCC2)C1=O. The zero-order valence-electron chi connectivity index (χ0n) is 12.9. The third kappa shape index (κ3) is 3.32. The first-order valence-corrected chi connectivity index (χ1v) is 8.46. The Kier molecular flexibility index (Phi) is 4.52. The van der Waals surface area contributed by atoms with Gasteiger partial charge in [0, 0.05) is 13.1 Å². The molecule has 1 aromatic rings. The maximum atomic E-state index is 12.4. The molecule has 3 rings (SSSR count). The Morgan fingerprint density at radius 3 is 2.61 bits per heavy atom. The number of benzene rings is 1. The number of imide groups is 1. The fourth-order valence-corrected chi connectivity index (χ4v) is 3.56. The largest absolute Gasteiger partial charge is 0.341 e. The summed E-state index contributed by atoms with van der Waals surface area (Å²) in [4.78, 5) is 39.8. The van der Waals surface area contributed by atoms with E-state index in [1.165, 1.54) is 0 Å². The zero-order valence-corrected chi connectivity index (χ0v) is 13.8. The van der Waals surface area contributed by atoms with Gasteiger partial charge in [-0.05, 0) is 48.7 Å². The van der Waals surface area contributed by atoms with Crippen LogP contribution in [0.15, 0.2) is 29.2 Å². The molecule has 0 aromatic heterocycles. The second-order valence-corrected chi connectivity index (χ2v) is 6.71. The van der Waals surface area contributed by atoms with E-state index in [2.05, 4.69) is 0 Å². The molecule has 0 N–H and O–H groups in total. The van der Waals surface area contributed by atoms with Crippen LogP contribution in [0.2, 0.25) is 0 Å². The highest BCUT2D eigenvalue weighted by atomic mass is 32.2. The first-order valence-electron chi connectivity index (χ1n) is 7.65. The van der Waals surface area contributed by atoms with Crippen molar-refractivity contribution >= 4 is 34.9 Å². The molecule has 2 fully saturated rings. The number of hydrogen-bond acceptors (Lipinski definition) is 4. The number of likely N-dealkylation sites (tertiary alicyclic amines) is 1. The van der Waals surface area contributed by atoms with Crippen molar-refractivity contribution in [2.24, 2.45) is 0 Å². The number of hydrogen-bond donors (Lipinski definition) is 0. The summed E-state index contributed by atoms with van der Waals surface area (Å²) in [5.74, 6) is -0.530. The van der Waals surface area contributed by atoms with Crippen molar-refractivity contribution in [3.05, 3.63) is 40.3 Å². The molecule has 0 unspecified atom stereocenters. The average Bonchev–Trinajstić information content (AvgIpc) is 3.14. The topological polar surface area (TPSA) is 57.7 Å². The highest BCUT2D eigenvalue weighted by molar-refractivity contribution is 8.18. The third-order valence-corrected chi connectivity index (χ3v) is 5.01. The molecule has 5 nitrogen and oxygen atoms in total. The lowest BCUT2D eigenvalue weighted by Gasteiger charge is -2.18. The van der Waals surface area contributed by atoms with E-state index in [9.17, 15) is 14.4 Å². The molecule has 0 spiro atoms. The maximum absolute atomic E-state index is 12.4. The van der Waals surface area contributed by atoms with Crippen molar-refractivity contribution in [2.45, 2.75) is 19.8 Å². The molecule has 23 heavy (non-hydrogen) atoms. The molecule has 0 aliphatic carbocycles. The molecule has 120 valence electrons. The lowest BCUT2D eigenvalue weighted by Crippen LogP contribution is -2.40. The second kappa shape index (κ2) is 6.58. The van der Waals surface area contributed by atoms with E-state index in [0.29, 0.717) is 18.0 Å². The van der Waals surface area contributed by atoms with Gasteiger partial charge in [-0.25, -0.2) is 0 Å². The van der Waals surface area contributed by atoms with E-state index in [0.717, 1.165) is 40.6 Å². The fraction of sp³-hybridized carbons (Fsp3) is 0.353. The van der Waals surface area contributed by atoms with Gasteiger partial charge in [0.2, 0.25) is 5.91 Å². The Morgan fingerprint density at radius 2 is 1.91 bits per heavy atom. The van der Waals surface area contributed by atoms with Gasteiger partial charge in [0.05, 0.1) is 4.91 Å². The van der Waals surface area contributed by atoms with E-state index in [1.807, 2.05) is 31.2 Å². The highest BCUT2D eigenvalue weighted by Crippen LogP contribution is 2.32. The number of aryl methyl sites for hydroxylation is 1. The summed E-state index contributed by atoms with van der Waals surface area (Å²) in [5.41, 5.74) is 1.94. The van der Waals surface area contributed by atoms with Gasteiger partial charge in [-0.1, -0.05) is 24.3 Å². The summed E-state index contributed by atoms with van der Waals surface area (Å²) in [6.07, 6.45) is 3.70. The Bertz CT molecular complexity index is 693. The average molecular weight is 330 g/mol. The minimum atomic E-state index is -0.379.